The second-order valence-corrected chi connectivity index (χ2v) is 4.57. The van der Waals surface area contributed by atoms with Crippen molar-refractivity contribution in [3.63, 3.8) is 0 Å². The second kappa shape index (κ2) is 3.57. The number of nitrogens with two attached hydrogens (primary N) is 1. The predicted molar refractivity (Wildman–Crippen MR) is 61.5 cm³/mol. The van der Waals surface area contributed by atoms with E-state index < -0.39 is 0 Å². The van der Waals surface area contributed by atoms with E-state index in [-0.39, 0.29) is 6.04 Å². The maximum absolute atomic E-state index is 6.02. The fourth-order valence-corrected chi connectivity index (χ4v) is 2.19. The molecule has 0 saturated carbocycles. The fourth-order valence-electron chi connectivity index (χ4n) is 1.32. The van der Waals surface area contributed by atoms with Crippen LogP contribution in [0.3, 0.4) is 0 Å². The predicted octanol–water partition coefficient (Wildman–Crippen LogP) is 3.87. The van der Waals surface area contributed by atoms with E-state index in [0.717, 1.165) is 15.6 Å². The van der Waals surface area contributed by atoms with Crippen molar-refractivity contribution in [3.8, 4) is 0 Å². The molecule has 1 aromatic carbocycles. The topological polar surface area (TPSA) is 39.2 Å². The van der Waals surface area contributed by atoms with Gasteiger partial charge < -0.3 is 10.2 Å². The van der Waals surface area contributed by atoms with Crippen LogP contribution in [-0.2, 0) is 0 Å². The van der Waals surface area contributed by atoms with Crippen LogP contribution in [0.25, 0.3) is 11.0 Å². The van der Waals surface area contributed by atoms with Gasteiger partial charge in [-0.05, 0) is 25.1 Å². The molecule has 2 rings (SSSR count). The number of fused-ring (bicyclic) bond motifs is 1. The van der Waals surface area contributed by atoms with Gasteiger partial charge >= 0.3 is 0 Å². The van der Waals surface area contributed by atoms with Crippen molar-refractivity contribution in [3.05, 3.63) is 33.5 Å². The van der Waals surface area contributed by atoms with E-state index in [1.165, 1.54) is 0 Å². The van der Waals surface area contributed by atoms with Crippen molar-refractivity contribution in [1.82, 2.24) is 0 Å². The Morgan fingerprint density at radius 1 is 1.43 bits per heavy atom. The Morgan fingerprint density at radius 2 is 2.14 bits per heavy atom. The minimum absolute atomic E-state index is 0.114. The highest BCUT2D eigenvalue weighted by Gasteiger charge is 2.10. The summed E-state index contributed by atoms with van der Waals surface area (Å²) in [6.07, 6.45) is 0. The first kappa shape index (κ1) is 10.0. The summed E-state index contributed by atoms with van der Waals surface area (Å²) in [5.41, 5.74) is 6.41. The number of furan rings is 1. The van der Waals surface area contributed by atoms with Gasteiger partial charge in [-0.3, -0.25) is 0 Å². The first-order valence-electron chi connectivity index (χ1n) is 4.22. The standard InChI is InChI=1S/C10H9BrClNO/c1-5(13)9-3-6-2-7(11)4-8(12)10(6)14-9/h2-5H,13H2,1H3. The molecule has 0 bridgehead atoms. The lowest BCUT2D eigenvalue weighted by Crippen LogP contribution is -2.02. The van der Waals surface area contributed by atoms with Crippen LogP contribution in [0, 0.1) is 0 Å². The van der Waals surface area contributed by atoms with E-state index in [0.29, 0.717) is 10.6 Å². The lowest BCUT2D eigenvalue weighted by atomic mass is 10.2. The van der Waals surface area contributed by atoms with Gasteiger partial charge in [-0.1, -0.05) is 27.5 Å². The Hall–Kier alpha value is -0.510. The van der Waals surface area contributed by atoms with Crippen LogP contribution in [0.5, 0.6) is 0 Å². The third-order valence-electron chi connectivity index (χ3n) is 2.00. The molecule has 2 aromatic rings. The van der Waals surface area contributed by atoms with Gasteiger partial charge in [-0.15, -0.1) is 0 Å². The highest BCUT2D eigenvalue weighted by Crippen LogP contribution is 2.31. The molecule has 0 fully saturated rings. The highest BCUT2D eigenvalue weighted by molar-refractivity contribution is 9.10. The molecule has 1 unspecified atom stereocenters. The highest BCUT2D eigenvalue weighted by atomic mass is 79.9. The van der Waals surface area contributed by atoms with E-state index in [1.807, 2.05) is 19.1 Å². The Bertz CT molecular complexity index is 478. The van der Waals surface area contributed by atoms with Crippen molar-refractivity contribution >= 4 is 38.5 Å². The summed E-state index contributed by atoms with van der Waals surface area (Å²) in [6, 6.07) is 5.56. The van der Waals surface area contributed by atoms with Crippen LogP contribution < -0.4 is 5.73 Å². The molecule has 74 valence electrons. The molecule has 14 heavy (non-hydrogen) atoms. The molecule has 1 heterocycles. The summed E-state index contributed by atoms with van der Waals surface area (Å²) in [5, 5.41) is 1.57. The molecule has 2 N–H and O–H groups in total. The van der Waals surface area contributed by atoms with Crippen LogP contribution in [0.1, 0.15) is 18.7 Å². The maximum atomic E-state index is 6.02. The van der Waals surface area contributed by atoms with Gasteiger partial charge in [0.25, 0.3) is 0 Å². The summed E-state index contributed by atoms with van der Waals surface area (Å²) >= 11 is 9.39. The van der Waals surface area contributed by atoms with Crippen molar-refractivity contribution < 1.29 is 4.42 Å². The van der Waals surface area contributed by atoms with Crippen molar-refractivity contribution in [1.29, 1.82) is 0 Å². The summed E-state index contributed by atoms with van der Waals surface area (Å²) in [6.45, 7) is 1.88. The van der Waals surface area contributed by atoms with E-state index in [4.69, 9.17) is 21.8 Å². The largest absolute Gasteiger partial charge is 0.458 e. The van der Waals surface area contributed by atoms with Crippen molar-refractivity contribution in [2.75, 3.05) is 0 Å². The van der Waals surface area contributed by atoms with Gasteiger partial charge in [0, 0.05) is 9.86 Å². The molecule has 4 heteroatoms. The Kier molecular flexibility index (Phi) is 2.56. The van der Waals surface area contributed by atoms with E-state index in [9.17, 15) is 0 Å². The molecule has 0 spiro atoms. The average molecular weight is 275 g/mol. The molecule has 0 aliphatic rings. The van der Waals surface area contributed by atoms with Crippen LogP contribution in [0.15, 0.2) is 27.1 Å². The van der Waals surface area contributed by atoms with E-state index in [1.54, 1.807) is 6.07 Å². The summed E-state index contributed by atoms with van der Waals surface area (Å²) in [5.74, 6) is 0.750. The summed E-state index contributed by atoms with van der Waals surface area (Å²) < 4.78 is 6.47. The lowest BCUT2D eigenvalue weighted by molar-refractivity contribution is 0.513. The van der Waals surface area contributed by atoms with Gasteiger partial charge in [0.15, 0.2) is 5.58 Å². The lowest BCUT2D eigenvalue weighted by Gasteiger charge is -1.97. The molecule has 0 aliphatic carbocycles. The van der Waals surface area contributed by atoms with Gasteiger partial charge in [-0.2, -0.15) is 0 Å². The minimum atomic E-state index is -0.114. The molecule has 0 amide bonds. The van der Waals surface area contributed by atoms with Gasteiger partial charge in [0.05, 0.1) is 11.1 Å². The number of benzene rings is 1. The normalized spacial score (nSPS) is 13.4. The van der Waals surface area contributed by atoms with Gasteiger partial charge in [0.2, 0.25) is 0 Å². The quantitative estimate of drug-likeness (QED) is 0.857. The zero-order valence-electron chi connectivity index (χ0n) is 7.55. The molecule has 2 nitrogen and oxygen atoms in total. The van der Waals surface area contributed by atoms with Crippen molar-refractivity contribution in [2.24, 2.45) is 5.73 Å². The molecular weight excluding hydrogens is 265 g/mol. The zero-order valence-corrected chi connectivity index (χ0v) is 9.89. The first-order chi connectivity index (χ1) is 6.58. The van der Waals surface area contributed by atoms with Crippen LogP contribution in [-0.4, -0.2) is 0 Å². The van der Waals surface area contributed by atoms with Crippen LogP contribution in [0.4, 0.5) is 0 Å². The molecule has 0 radical (unpaired) electrons. The van der Waals surface area contributed by atoms with Gasteiger partial charge in [-0.25, -0.2) is 0 Å². The number of hydrogen-bond acceptors (Lipinski definition) is 2. The van der Waals surface area contributed by atoms with E-state index >= 15 is 0 Å². The first-order valence-corrected chi connectivity index (χ1v) is 5.39. The monoisotopic (exact) mass is 273 g/mol. The zero-order chi connectivity index (χ0) is 10.3. The molecule has 0 saturated heterocycles. The SMILES string of the molecule is CC(N)c1cc2cc(Br)cc(Cl)c2o1. The van der Waals surface area contributed by atoms with E-state index in [2.05, 4.69) is 15.9 Å². The average Bonchev–Trinajstić information content (AvgIpc) is 2.47. The minimum Gasteiger partial charge on any atom is -0.458 e. The maximum Gasteiger partial charge on any atom is 0.153 e. The molecular formula is C10H9BrClNO. The summed E-state index contributed by atoms with van der Waals surface area (Å²) in [7, 11) is 0. The molecule has 1 atom stereocenters. The third-order valence-corrected chi connectivity index (χ3v) is 2.74. The Labute approximate surface area is 95.1 Å². The van der Waals surface area contributed by atoms with Gasteiger partial charge in [0.1, 0.15) is 5.76 Å². The number of rotatable bonds is 1. The molecule has 0 aliphatic heterocycles. The second-order valence-electron chi connectivity index (χ2n) is 3.24. The molecule has 1 aromatic heterocycles. The number of hydrogen-bond donors (Lipinski definition) is 1. The Balaban J connectivity index is 2.70. The van der Waals surface area contributed by atoms with Crippen molar-refractivity contribution in [2.45, 2.75) is 13.0 Å². The third kappa shape index (κ3) is 1.67. The fraction of sp³-hybridized carbons (Fsp3) is 0.200. The van der Waals surface area contributed by atoms with Crippen LogP contribution >= 0.6 is 27.5 Å². The summed E-state index contributed by atoms with van der Waals surface area (Å²) in [4.78, 5) is 0. The smallest absolute Gasteiger partial charge is 0.153 e. The number of halogens is 2. The van der Waals surface area contributed by atoms with Crippen LogP contribution in [0.2, 0.25) is 5.02 Å². The Morgan fingerprint density at radius 3 is 2.79 bits per heavy atom.